The van der Waals surface area contributed by atoms with Crippen molar-refractivity contribution >= 4 is 0 Å². The fourth-order valence-electron chi connectivity index (χ4n) is 7.32. The van der Waals surface area contributed by atoms with Crippen molar-refractivity contribution in [3.05, 3.63) is 57.6 Å². The molecule has 2 aromatic rings. The Hall–Kier alpha value is -2.12. The van der Waals surface area contributed by atoms with Crippen molar-refractivity contribution < 1.29 is 29.2 Å². The Morgan fingerprint density at radius 2 is 0.694 bits per heavy atom. The Kier molecular flexibility index (Phi) is 11.0. The number of rotatable bonds is 4. The Labute approximate surface area is 297 Å². The largest absolute Gasteiger partial charge is 0.507 e. The Bertz CT molecular complexity index is 1350. The average molecular weight is 679 g/mol. The number of benzene rings is 2. The van der Waals surface area contributed by atoms with Crippen molar-refractivity contribution in [1.29, 1.82) is 0 Å². The molecule has 0 aromatic heterocycles. The minimum atomic E-state index is -0.320. The van der Waals surface area contributed by atoms with Gasteiger partial charge in [-0.25, -0.2) is 0 Å². The molecule has 2 N–H and O–H groups in total. The van der Waals surface area contributed by atoms with Crippen LogP contribution in [0.15, 0.2) is 24.3 Å². The quantitative estimate of drug-likeness (QED) is 0.335. The number of phenols is 2. The third-order valence-electron chi connectivity index (χ3n) is 11.0. The number of phenolic OH excluding ortho intramolecular Hbond substituents is 2. The summed E-state index contributed by atoms with van der Waals surface area (Å²) in [4.78, 5) is 0. The van der Waals surface area contributed by atoms with Gasteiger partial charge in [0.05, 0.1) is 26.4 Å². The lowest BCUT2D eigenvalue weighted by molar-refractivity contribution is -0.216. The number of ether oxygens (including phenoxy) is 4. The molecule has 2 saturated heterocycles. The second kappa shape index (κ2) is 14.1. The molecule has 6 rings (SSSR count). The second-order valence-corrected chi connectivity index (χ2v) is 19.5. The van der Waals surface area contributed by atoms with Gasteiger partial charge in [0.15, 0.2) is 12.6 Å². The maximum atomic E-state index is 10.9. The first kappa shape index (κ1) is 38.1. The van der Waals surface area contributed by atoms with Crippen molar-refractivity contribution in [2.45, 2.75) is 149 Å². The van der Waals surface area contributed by atoms with E-state index in [0.717, 1.165) is 71.6 Å². The topological polar surface area (TPSA) is 77.4 Å². The lowest BCUT2D eigenvalue weighted by Gasteiger charge is -2.39. The normalized spacial score (nSPS) is 25.7. The predicted octanol–water partition coefficient (Wildman–Crippen LogP) is 10.5. The van der Waals surface area contributed by atoms with Gasteiger partial charge in [0, 0.05) is 23.0 Å². The summed E-state index contributed by atoms with van der Waals surface area (Å²) in [6.07, 6.45) is 6.01. The van der Waals surface area contributed by atoms with E-state index >= 15 is 0 Å². The zero-order valence-electron chi connectivity index (χ0n) is 32.7. The van der Waals surface area contributed by atoms with Crippen LogP contribution in [0.5, 0.6) is 11.5 Å². The van der Waals surface area contributed by atoms with Gasteiger partial charge in [-0.1, -0.05) is 102 Å². The molecule has 49 heavy (non-hydrogen) atoms. The molecule has 274 valence electrons. The first-order valence-electron chi connectivity index (χ1n) is 18.9. The molecule has 0 atom stereocenters. The van der Waals surface area contributed by atoms with Crippen LogP contribution in [0, 0.1) is 23.7 Å². The van der Waals surface area contributed by atoms with Gasteiger partial charge in [0.2, 0.25) is 0 Å². The summed E-state index contributed by atoms with van der Waals surface area (Å²) in [5, 5.41) is 21.7. The zero-order valence-corrected chi connectivity index (χ0v) is 32.7. The summed E-state index contributed by atoms with van der Waals surface area (Å²) in [6.45, 7) is 28.7. The Morgan fingerprint density at radius 1 is 0.429 bits per heavy atom. The molecule has 2 heterocycles. The van der Waals surface area contributed by atoms with E-state index in [-0.39, 0.29) is 34.2 Å². The van der Waals surface area contributed by atoms with Crippen LogP contribution in [0.1, 0.15) is 161 Å². The van der Waals surface area contributed by atoms with Gasteiger partial charge in [0.25, 0.3) is 0 Å². The van der Waals surface area contributed by atoms with E-state index in [4.69, 9.17) is 18.9 Å². The highest BCUT2D eigenvalue weighted by Crippen LogP contribution is 2.45. The third kappa shape index (κ3) is 9.04. The highest BCUT2D eigenvalue weighted by atomic mass is 16.7. The summed E-state index contributed by atoms with van der Waals surface area (Å²) in [7, 11) is 0. The van der Waals surface area contributed by atoms with Crippen LogP contribution in [-0.4, -0.2) is 36.6 Å². The summed E-state index contributed by atoms with van der Waals surface area (Å²) in [6, 6.07) is 8.26. The Morgan fingerprint density at radius 3 is 0.898 bits per heavy atom. The minimum Gasteiger partial charge on any atom is -0.507 e. The van der Waals surface area contributed by atoms with Crippen molar-refractivity contribution in [3.8, 4) is 11.5 Å². The molecule has 0 unspecified atom stereocenters. The molecule has 6 heteroatoms. The predicted molar refractivity (Wildman–Crippen MR) is 197 cm³/mol. The van der Waals surface area contributed by atoms with E-state index in [0.29, 0.717) is 23.3 Å². The minimum absolute atomic E-state index is 0.134. The van der Waals surface area contributed by atoms with Gasteiger partial charge in [-0.15, -0.1) is 0 Å². The van der Waals surface area contributed by atoms with Gasteiger partial charge in [-0.3, -0.25) is 0 Å². The van der Waals surface area contributed by atoms with Crippen molar-refractivity contribution in [1.82, 2.24) is 0 Å². The summed E-state index contributed by atoms with van der Waals surface area (Å²) in [5.74, 6) is 3.52. The summed E-state index contributed by atoms with van der Waals surface area (Å²) in [5.41, 5.74) is 5.36. The fourth-order valence-corrected chi connectivity index (χ4v) is 7.32. The van der Waals surface area contributed by atoms with Gasteiger partial charge < -0.3 is 29.2 Å². The maximum absolute atomic E-state index is 10.9. The molecular weight excluding hydrogens is 612 g/mol. The fraction of sp³-hybridized carbons (Fsp3) is 0.721. The van der Waals surface area contributed by atoms with Gasteiger partial charge in [-0.05, 0) is 92.9 Å². The van der Waals surface area contributed by atoms with E-state index in [2.05, 4.69) is 107 Å². The van der Waals surface area contributed by atoms with Crippen LogP contribution in [0.4, 0.5) is 0 Å². The highest BCUT2D eigenvalue weighted by molar-refractivity contribution is 5.51. The van der Waals surface area contributed by atoms with E-state index in [1.54, 1.807) is 0 Å². The van der Waals surface area contributed by atoms with Crippen LogP contribution in [0.3, 0.4) is 0 Å². The summed E-state index contributed by atoms with van der Waals surface area (Å²) < 4.78 is 24.3. The highest BCUT2D eigenvalue weighted by Gasteiger charge is 2.37. The summed E-state index contributed by atoms with van der Waals surface area (Å²) >= 11 is 0. The molecule has 2 saturated carbocycles. The molecule has 6 nitrogen and oxygen atoms in total. The molecule has 0 spiro atoms. The van der Waals surface area contributed by atoms with Gasteiger partial charge in [0.1, 0.15) is 11.5 Å². The smallest absolute Gasteiger partial charge is 0.183 e. The van der Waals surface area contributed by atoms with Crippen LogP contribution in [-0.2, 0) is 40.6 Å². The molecule has 4 fully saturated rings. The van der Waals surface area contributed by atoms with Gasteiger partial charge in [-0.2, -0.15) is 0 Å². The van der Waals surface area contributed by atoms with Crippen LogP contribution in [0.2, 0.25) is 0 Å². The van der Waals surface area contributed by atoms with Crippen molar-refractivity contribution in [3.63, 3.8) is 0 Å². The average Bonchev–Trinajstić information content (AvgIpc) is 3.81. The van der Waals surface area contributed by atoms with Crippen LogP contribution >= 0.6 is 0 Å². The number of hydrogen-bond acceptors (Lipinski definition) is 6. The molecule has 4 aliphatic rings. The second-order valence-electron chi connectivity index (χ2n) is 19.5. The maximum Gasteiger partial charge on any atom is 0.183 e. The van der Waals surface area contributed by atoms with Crippen LogP contribution < -0.4 is 0 Å². The zero-order chi connectivity index (χ0) is 36.1. The Balaban J connectivity index is 0.000000191. The van der Waals surface area contributed by atoms with Gasteiger partial charge >= 0.3 is 0 Å². The molecule has 0 bridgehead atoms. The molecular formula is C43H66O6. The number of aromatic hydroxyl groups is 2. The van der Waals surface area contributed by atoms with Crippen molar-refractivity contribution in [2.75, 3.05) is 26.4 Å². The standard InChI is InChI=1S/C22H34O3.C21H32O3/c1-21(2,3)17-10-15(11-18(19(17)23)22(4,5)6)20-24-12-16(13-25-20)14-8-7-9-14;1-20(2,3)16-9-14(10-17(18(16)22)21(4,5)6)19-23-11-15(12-24-19)13-7-8-13/h10-11,14,16,20,23H,7-9,12-13H2,1-6H3;9-10,13,15,19,22H,7-8,11-12H2,1-6H3. The lowest BCUT2D eigenvalue weighted by Crippen LogP contribution is -2.35. The van der Waals surface area contributed by atoms with E-state index in [1.807, 2.05) is 0 Å². The number of hydrogen-bond donors (Lipinski definition) is 2. The third-order valence-corrected chi connectivity index (χ3v) is 11.0. The molecule has 2 aliphatic carbocycles. The van der Waals surface area contributed by atoms with Crippen molar-refractivity contribution in [2.24, 2.45) is 23.7 Å². The first-order valence-corrected chi connectivity index (χ1v) is 18.9. The molecule has 2 aliphatic heterocycles. The monoisotopic (exact) mass is 678 g/mol. The van der Waals surface area contributed by atoms with Crippen LogP contribution in [0.25, 0.3) is 0 Å². The first-order chi connectivity index (χ1) is 22.6. The van der Waals surface area contributed by atoms with E-state index in [1.165, 1.54) is 32.1 Å². The SMILES string of the molecule is CC(C)(C)c1cc(C2OCC(C3CC3)CO2)cc(C(C)(C)C)c1O.CC(C)(C)c1cc(C2OCC(C3CCC3)CO2)cc(C(C)(C)C)c1O. The molecule has 0 radical (unpaired) electrons. The molecule has 0 amide bonds. The van der Waals surface area contributed by atoms with E-state index < -0.39 is 0 Å². The molecule has 2 aromatic carbocycles. The van der Waals surface area contributed by atoms with E-state index in [9.17, 15) is 10.2 Å². The lowest BCUT2D eigenvalue weighted by atomic mass is 9.76.